The summed E-state index contributed by atoms with van der Waals surface area (Å²) in [6, 6.07) is 7.45. The Bertz CT molecular complexity index is 1020. The molecule has 0 atom stereocenters. The Hall–Kier alpha value is -2.25. The zero-order chi connectivity index (χ0) is 20.7. The second-order valence-electron chi connectivity index (χ2n) is 8.17. The third kappa shape index (κ3) is 4.10. The number of hydrogen-bond donors (Lipinski definition) is 1. The van der Waals surface area contributed by atoms with E-state index in [4.69, 9.17) is 16.1 Å². The molecule has 0 aliphatic rings. The highest BCUT2D eigenvalue weighted by Gasteiger charge is 2.32. The second kappa shape index (κ2) is 7.29. The first-order chi connectivity index (χ1) is 13.0. The molecule has 2 aromatic heterocycles. The molecule has 8 heteroatoms. The lowest BCUT2D eigenvalue weighted by atomic mass is 9.97. The molecule has 1 amide bonds. The van der Waals surface area contributed by atoms with E-state index >= 15 is 0 Å². The summed E-state index contributed by atoms with van der Waals surface area (Å²) in [5, 5.41) is 8.36. The predicted octanol–water partition coefficient (Wildman–Crippen LogP) is 5.12. The molecule has 6 nitrogen and oxygen atoms in total. The minimum atomic E-state index is -0.801. The van der Waals surface area contributed by atoms with E-state index in [9.17, 15) is 4.79 Å². The lowest BCUT2D eigenvalue weighted by Gasteiger charge is -2.22. The van der Waals surface area contributed by atoms with Crippen LogP contribution in [0.1, 0.15) is 61.7 Å². The fourth-order valence-corrected chi connectivity index (χ4v) is 3.82. The van der Waals surface area contributed by atoms with Crippen LogP contribution in [0.5, 0.6) is 0 Å². The molecule has 28 heavy (non-hydrogen) atoms. The number of carbonyl (C=O) groups excluding carboxylic acids is 1. The Balaban J connectivity index is 1.85. The van der Waals surface area contributed by atoms with Gasteiger partial charge in [0, 0.05) is 11.0 Å². The van der Waals surface area contributed by atoms with Crippen LogP contribution in [0.2, 0.25) is 5.02 Å². The zero-order valence-electron chi connectivity index (χ0n) is 16.8. The quantitative estimate of drug-likeness (QED) is 0.636. The van der Waals surface area contributed by atoms with Crippen LogP contribution in [-0.4, -0.2) is 21.0 Å². The van der Waals surface area contributed by atoms with Gasteiger partial charge in [-0.3, -0.25) is 4.79 Å². The highest BCUT2D eigenvalue weighted by Crippen LogP contribution is 2.33. The van der Waals surface area contributed by atoms with Crippen molar-refractivity contribution in [2.24, 2.45) is 0 Å². The molecule has 3 rings (SSSR count). The summed E-state index contributed by atoms with van der Waals surface area (Å²) < 4.78 is 5.36. The minimum absolute atomic E-state index is 0.236. The van der Waals surface area contributed by atoms with Crippen molar-refractivity contribution >= 4 is 28.8 Å². The van der Waals surface area contributed by atoms with Gasteiger partial charge in [-0.05, 0) is 26.8 Å². The highest BCUT2D eigenvalue weighted by molar-refractivity contribution is 7.17. The topological polar surface area (TPSA) is 80.9 Å². The van der Waals surface area contributed by atoms with Crippen molar-refractivity contribution in [3.63, 3.8) is 0 Å². The molecule has 0 aliphatic heterocycles. The maximum absolute atomic E-state index is 12.9. The Kier molecular flexibility index (Phi) is 5.34. The maximum atomic E-state index is 12.9. The van der Waals surface area contributed by atoms with Gasteiger partial charge in [0.15, 0.2) is 5.82 Å². The summed E-state index contributed by atoms with van der Waals surface area (Å²) >= 11 is 7.57. The van der Waals surface area contributed by atoms with Crippen molar-refractivity contribution in [2.75, 3.05) is 0 Å². The normalized spacial score (nSPS) is 12.2. The Morgan fingerprint density at radius 2 is 1.82 bits per heavy atom. The van der Waals surface area contributed by atoms with Crippen LogP contribution in [0.3, 0.4) is 0 Å². The van der Waals surface area contributed by atoms with E-state index in [2.05, 4.69) is 20.4 Å². The third-order valence-corrected chi connectivity index (χ3v) is 5.68. The molecule has 1 N–H and O–H groups in total. The van der Waals surface area contributed by atoms with Gasteiger partial charge in [0.05, 0.1) is 16.3 Å². The molecule has 0 fully saturated rings. The van der Waals surface area contributed by atoms with E-state index in [1.165, 1.54) is 11.3 Å². The predicted molar refractivity (Wildman–Crippen MR) is 111 cm³/mol. The van der Waals surface area contributed by atoms with Gasteiger partial charge in [0.1, 0.15) is 9.88 Å². The van der Waals surface area contributed by atoms with Gasteiger partial charge in [-0.15, -0.1) is 11.3 Å². The molecule has 0 saturated heterocycles. The van der Waals surface area contributed by atoms with E-state index in [-0.39, 0.29) is 11.3 Å². The Morgan fingerprint density at radius 1 is 1.14 bits per heavy atom. The number of benzene rings is 1. The molecule has 0 aliphatic carbocycles. The molecule has 3 aromatic rings. The number of nitrogens with zero attached hydrogens (tertiary/aromatic N) is 3. The van der Waals surface area contributed by atoms with E-state index in [0.717, 1.165) is 5.56 Å². The SMILES string of the molecule is Cc1nc(-c2ccccc2Cl)sc1C(=O)NC(C)(C)c1noc(C(C)(C)C)n1. The van der Waals surface area contributed by atoms with Gasteiger partial charge in [-0.2, -0.15) is 4.98 Å². The third-order valence-electron chi connectivity index (χ3n) is 4.16. The standard InChI is InChI=1S/C20H23ClN4O2S/c1-11-14(28-16(22-11)12-9-7-8-10-13(12)21)15(26)24-20(5,6)17-23-18(27-25-17)19(2,3)4/h7-10H,1-6H3,(H,24,26). The van der Waals surface area contributed by atoms with Crippen LogP contribution in [0.15, 0.2) is 28.8 Å². The van der Waals surface area contributed by atoms with Gasteiger partial charge in [0.25, 0.3) is 5.91 Å². The number of halogens is 1. The van der Waals surface area contributed by atoms with Crippen molar-refractivity contribution in [3.8, 4) is 10.6 Å². The van der Waals surface area contributed by atoms with Gasteiger partial charge >= 0.3 is 0 Å². The number of aromatic nitrogens is 3. The lowest BCUT2D eigenvalue weighted by molar-refractivity contribution is 0.0911. The Labute approximate surface area is 173 Å². The first-order valence-electron chi connectivity index (χ1n) is 8.88. The van der Waals surface area contributed by atoms with Crippen LogP contribution >= 0.6 is 22.9 Å². The summed E-state index contributed by atoms with van der Waals surface area (Å²) in [6.07, 6.45) is 0. The van der Waals surface area contributed by atoms with Crippen molar-refractivity contribution in [2.45, 2.75) is 52.5 Å². The Morgan fingerprint density at radius 3 is 2.43 bits per heavy atom. The maximum Gasteiger partial charge on any atom is 0.264 e. The molecular formula is C20H23ClN4O2S. The van der Waals surface area contributed by atoms with Crippen LogP contribution in [0, 0.1) is 6.92 Å². The average Bonchev–Trinajstić information content (AvgIpc) is 3.22. The summed E-state index contributed by atoms with van der Waals surface area (Å²) in [4.78, 5) is 22.4. The summed E-state index contributed by atoms with van der Waals surface area (Å²) in [5.74, 6) is 0.722. The number of amides is 1. The fraction of sp³-hybridized carbons (Fsp3) is 0.400. The van der Waals surface area contributed by atoms with Gasteiger partial charge in [-0.25, -0.2) is 4.98 Å². The summed E-state index contributed by atoms with van der Waals surface area (Å²) in [6.45, 7) is 11.5. The van der Waals surface area contributed by atoms with Crippen LogP contribution in [-0.2, 0) is 11.0 Å². The van der Waals surface area contributed by atoms with Crippen molar-refractivity contribution in [3.05, 3.63) is 51.6 Å². The summed E-state index contributed by atoms with van der Waals surface area (Å²) in [5.41, 5.74) is 0.398. The number of rotatable bonds is 4. The van der Waals surface area contributed by atoms with Crippen LogP contribution in [0.4, 0.5) is 0 Å². The van der Waals surface area contributed by atoms with E-state index in [1.807, 2.05) is 59.7 Å². The summed E-state index contributed by atoms with van der Waals surface area (Å²) in [7, 11) is 0. The monoisotopic (exact) mass is 418 g/mol. The average molecular weight is 419 g/mol. The van der Waals surface area contributed by atoms with E-state index < -0.39 is 5.54 Å². The molecule has 148 valence electrons. The second-order valence-corrected chi connectivity index (χ2v) is 9.57. The zero-order valence-corrected chi connectivity index (χ0v) is 18.3. The van der Waals surface area contributed by atoms with Gasteiger partial charge in [-0.1, -0.05) is 55.7 Å². The van der Waals surface area contributed by atoms with Crippen LogP contribution < -0.4 is 5.32 Å². The molecule has 0 bridgehead atoms. The largest absolute Gasteiger partial charge is 0.339 e. The van der Waals surface area contributed by atoms with Crippen LogP contribution in [0.25, 0.3) is 10.6 Å². The van der Waals surface area contributed by atoms with Crippen molar-refractivity contribution in [1.82, 2.24) is 20.4 Å². The van der Waals surface area contributed by atoms with E-state index in [0.29, 0.717) is 32.3 Å². The first-order valence-corrected chi connectivity index (χ1v) is 10.1. The van der Waals surface area contributed by atoms with Gasteiger partial charge < -0.3 is 9.84 Å². The van der Waals surface area contributed by atoms with E-state index in [1.54, 1.807) is 6.07 Å². The fourth-order valence-electron chi connectivity index (χ4n) is 2.54. The molecular weight excluding hydrogens is 396 g/mol. The smallest absolute Gasteiger partial charge is 0.264 e. The number of hydrogen-bond acceptors (Lipinski definition) is 6. The highest BCUT2D eigenvalue weighted by atomic mass is 35.5. The van der Waals surface area contributed by atoms with Gasteiger partial charge in [0.2, 0.25) is 5.89 Å². The van der Waals surface area contributed by atoms with Crippen molar-refractivity contribution in [1.29, 1.82) is 0 Å². The molecule has 0 radical (unpaired) electrons. The molecule has 0 unspecified atom stereocenters. The van der Waals surface area contributed by atoms with Crippen molar-refractivity contribution < 1.29 is 9.32 Å². The number of nitrogens with one attached hydrogen (secondary N) is 1. The minimum Gasteiger partial charge on any atom is -0.339 e. The molecule has 0 saturated carbocycles. The number of carbonyl (C=O) groups is 1. The first kappa shape index (κ1) is 20.5. The number of aryl methyl sites for hydroxylation is 1. The number of thiazole rings is 1. The lowest BCUT2D eigenvalue weighted by Crippen LogP contribution is -2.41. The molecule has 1 aromatic carbocycles. The molecule has 2 heterocycles. The molecule has 0 spiro atoms.